The van der Waals surface area contributed by atoms with E-state index in [1.807, 2.05) is 24.3 Å². The highest BCUT2D eigenvalue weighted by Crippen LogP contribution is 2.31. The fourth-order valence-electron chi connectivity index (χ4n) is 2.83. The zero-order valence-electron chi connectivity index (χ0n) is 15.5. The third-order valence-electron chi connectivity index (χ3n) is 4.49. The number of rotatable bonds is 6. The summed E-state index contributed by atoms with van der Waals surface area (Å²) in [5.74, 6) is 0.454. The quantitative estimate of drug-likeness (QED) is 0.785. The van der Waals surface area contributed by atoms with Crippen molar-refractivity contribution in [2.24, 2.45) is 0 Å². The number of nitrogens with one attached hydrogen (secondary N) is 1. The van der Waals surface area contributed by atoms with E-state index in [9.17, 15) is 9.59 Å². The molecule has 6 nitrogen and oxygen atoms in total. The number of hydrogen-bond acceptors (Lipinski definition) is 5. The minimum absolute atomic E-state index is 0.312. The first-order valence-corrected chi connectivity index (χ1v) is 9.04. The van der Waals surface area contributed by atoms with Crippen LogP contribution in [0.25, 0.3) is 0 Å². The molecule has 1 aliphatic rings. The van der Waals surface area contributed by atoms with Crippen LogP contribution >= 0.6 is 0 Å². The molecule has 0 aliphatic carbocycles. The summed E-state index contributed by atoms with van der Waals surface area (Å²) >= 11 is 0. The molecular formula is C21H23NO5. The van der Waals surface area contributed by atoms with E-state index in [1.54, 1.807) is 18.2 Å². The molecule has 1 aliphatic heterocycles. The minimum atomic E-state index is -0.586. The van der Waals surface area contributed by atoms with Gasteiger partial charge in [0.1, 0.15) is 13.2 Å². The Morgan fingerprint density at radius 2 is 1.85 bits per heavy atom. The van der Waals surface area contributed by atoms with Crippen LogP contribution in [0.15, 0.2) is 42.5 Å². The molecule has 0 spiro atoms. The number of carbonyl (C=O) groups is 2. The average Bonchev–Trinajstić information content (AvgIpc) is 2.71. The molecule has 0 unspecified atom stereocenters. The summed E-state index contributed by atoms with van der Waals surface area (Å²) in [7, 11) is 0. The zero-order chi connectivity index (χ0) is 19.2. The van der Waals surface area contributed by atoms with E-state index in [2.05, 4.69) is 19.2 Å². The predicted octanol–water partition coefficient (Wildman–Crippen LogP) is 3.77. The molecule has 1 N–H and O–H groups in total. The SMILES string of the molecule is CC[C@@H](C)c1ccccc1NC(=O)COC(=O)c1ccc2c(c1)OCCO2. The Bertz CT molecular complexity index is 833. The van der Waals surface area contributed by atoms with Crippen molar-refractivity contribution in [3.05, 3.63) is 53.6 Å². The van der Waals surface area contributed by atoms with Crippen molar-refractivity contribution in [2.75, 3.05) is 25.1 Å². The van der Waals surface area contributed by atoms with Gasteiger partial charge in [0.2, 0.25) is 0 Å². The van der Waals surface area contributed by atoms with Crippen LogP contribution in [-0.2, 0) is 9.53 Å². The molecule has 3 rings (SSSR count). The number of hydrogen-bond donors (Lipinski definition) is 1. The molecule has 0 radical (unpaired) electrons. The van der Waals surface area contributed by atoms with Crippen molar-refractivity contribution in [3.8, 4) is 11.5 Å². The topological polar surface area (TPSA) is 73.9 Å². The number of ether oxygens (including phenoxy) is 3. The van der Waals surface area contributed by atoms with Crippen LogP contribution in [0.1, 0.15) is 42.1 Å². The molecule has 0 aromatic heterocycles. The lowest BCUT2D eigenvalue weighted by molar-refractivity contribution is -0.119. The Morgan fingerprint density at radius 1 is 1.11 bits per heavy atom. The highest BCUT2D eigenvalue weighted by atomic mass is 16.6. The van der Waals surface area contributed by atoms with Crippen molar-refractivity contribution in [3.63, 3.8) is 0 Å². The average molecular weight is 369 g/mol. The Labute approximate surface area is 158 Å². The van der Waals surface area contributed by atoms with Gasteiger partial charge in [-0.1, -0.05) is 32.0 Å². The van der Waals surface area contributed by atoms with E-state index in [4.69, 9.17) is 14.2 Å². The molecule has 0 saturated carbocycles. The monoisotopic (exact) mass is 369 g/mol. The van der Waals surface area contributed by atoms with Gasteiger partial charge >= 0.3 is 5.97 Å². The molecule has 0 fully saturated rings. The summed E-state index contributed by atoms with van der Waals surface area (Å²) in [6, 6.07) is 12.5. The fourth-order valence-corrected chi connectivity index (χ4v) is 2.83. The molecule has 1 heterocycles. The number of fused-ring (bicyclic) bond motifs is 1. The first-order chi connectivity index (χ1) is 13.1. The van der Waals surface area contributed by atoms with Gasteiger partial charge in [0.15, 0.2) is 18.1 Å². The van der Waals surface area contributed by atoms with Crippen molar-refractivity contribution in [1.82, 2.24) is 0 Å². The van der Waals surface area contributed by atoms with Crippen LogP contribution in [0.4, 0.5) is 5.69 Å². The first-order valence-electron chi connectivity index (χ1n) is 9.04. The van der Waals surface area contributed by atoms with E-state index < -0.39 is 5.97 Å². The summed E-state index contributed by atoms with van der Waals surface area (Å²) in [5.41, 5.74) is 2.12. The summed E-state index contributed by atoms with van der Waals surface area (Å²) in [6.07, 6.45) is 0.964. The lowest BCUT2D eigenvalue weighted by atomic mass is 9.97. The van der Waals surface area contributed by atoms with E-state index in [-0.39, 0.29) is 12.5 Å². The standard InChI is InChI=1S/C21H23NO5/c1-3-14(2)16-6-4-5-7-17(16)22-20(23)13-27-21(24)15-8-9-18-19(12-15)26-11-10-25-18/h4-9,12,14H,3,10-11,13H2,1-2H3,(H,22,23)/t14-/m1/s1. The van der Waals surface area contributed by atoms with Crippen molar-refractivity contribution in [1.29, 1.82) is 0 Å². The molecule has 142 valence electrons. The van der Waals surface area contributed by atoms with E-state index in [0.717, 1.165) is 17.7 Å². The summed E-state index contributed by atoms with van der Waals surface area (Å²) in [4.78, 5) is 24.4. The largest absolute Gasteiger partial charge is 0.486 e. The van der Waals surface area contributed by atoms with Crippen LogP contribution < -0.4 is 14.8 Å². The van der Waals surface area contributed by atoms with Gasteiger partial charge in [-0.3, -0.25) is 4.79 Å². The van der Waals surface area contributed by atoms with Crippen LogP contribution in [0.3, 0.4) is 0 Å². The Hall–Kier alpha value is -3.02. The number of esters is 1. The lowest BCUT2D eigenvalue weighted by Gasteiger charge is -2.18. The maximum Gasteiger partial charge on any atom is 0.338 e. The van der Waals surface area contributed by atoms with Gasteiger partial charge < -0.3 is 19.5 Å². The van der Waals surface area contributed by atoms with Gasteiger partial charge in [-0.05, 0) is 42.2 Å². The van der Waals surface area contributed by atoms with Gasteiger partial charge in [-0.2, -0.15) is 0 Å². The van der Waals surface area contributed by atoms with Crippen molar-refractivity contribution < 1.29 is 23.8 Å². The highest BCUT2D eigenvalue weighted by Gasteiger charge is 2.17. The third kappa shape index (κ3) is 4.58. The molecule has 27 heavy (non-hydrogen) atoms. The van der Waals surface area contributed by atoms with Gasteiger partial charge in [-0.15, -0.1) is 0 Å². The predicted molar refractivity (Wildman–Crippen MR) is 101 cm³/mol. The highest BCUT2D eigenvalue weighted by molar-refractivity contribution is 5.96. The number of benzene rings is 2. The summed E-state index contributed by atoms with van der Waals surface area (Å²) in [5, 5.41) is 2.82. The number of carbonyl (C=O) groups excluding carboxylic acids is 2. The third-order valence-corrected chi connectivity index (χ3v) is 4.49. The minimum Gasteiger partial charge on any atom is -0.486 e. The number of para-hydroxylation sites is 1. The second-order valence-electron chi connectivity index (χ2n) is 6.38. The van der Waals surface area contributed by atoms with Crippen LogP contribution in [0, 0.1) is 0 Å². The maximum atomic E-state index is 12.2. The molecular weight excluding hydrogens is 346 g/mol. The number of amides is 1. The summed E-state index contributed by atoms with van der Waals surface area (Å²) < 4.78 is 16.0. The fraction of sp³-hybridized carbons (Fsp3) is 0.333. The molecule has 0 bridgehead atoms. The van der Waals surface area contributed by atoms with Crippen molar-refractivity contribution in [2.45, 2.75) is 26.2 Å². The Morgan fingerprint density at radius 3 is 2.63 bits per heavy atom. The van der Waals surface area contributed by atoms with Gasteiger partial charge in [0, 0.05) is 5.69 Å². The second-order valence-corrected chi connectivity index (χ2v) is 6.38. The van der Waals surface area contributed by atoms with Crippen LogP contribution in [0.5, 0.6) is 11.5 Å². The number of anilines is 1. The molecule has 2 aromatic rings. The van der Waals surface area contributed by atoms with Crippen LogP contribution in [0.2, 0.25) is 0 Å². The maximum absolute atomic E-state index is 12.2. The van der Waals surface area contributed by atoms with E-state index in [1.165, 1.54) is 0 Å². The Balaban J connectivity index is 1.59. The molecule has 1 amide bonds. The smallest absolute Gasteiger partial charge is 0.338 e. The zero-order valence-corrected chi connectivity index (χ0v) is 15.5. The Kier molecular flexibility index (Phi) is 5.96. The van der Waals surface area contributed by atoms with Crippen molar-refractivity contribution >= 4 is 17.6 Å². The molecule has 0 saturated heterocycles. The van der Waals surface area contributed by atoms with Gasteiger partial charge in [0.05, 0.1) is 5.56 Å². The van der Waals surface area contributed by atoms with E-state index in [0.29, 0.717) is 36.2 Å². The molecule has 6 heteroatoms. The molecule has 1 atom stereocenters. The van der Waals surface area contributed by atoms with E-state index >= 15 is 0 Å². The first kappa shape index (κ1) is 18.8. The van der Waals surface area contributed by atoms with Gasteiger partial charge in [0.25, 0.3) is 5.91 Å². The lowest BCUT2D eigenvalue weighted by Crippen LogP contribution is -2.22. The van der Waals surface area contributed by atoms with Gasteiger partial charge in [-0.25, -0.2) is 4.79 Å². The second kappa shape index (κ2) is 8.58. The van der Waals surface area contributed by atoms with Crippen LogP contribution in [-0.4, -0.2) is 31.7 Å². The normalized spacial score (nSPS) is 13.6. The summed E-state index contributed by atoms with van der Waals surface area (Å²) in [6.45, 7) is 4.76. The molecule has 2 aromatic carbocycles.